The molecule has 13 nitrogen and oxygen atoms in total. The third-order valence-corrected chi connectivity index (χ3v) is 4.45. The quantitative estimate of drug-likeness (QED) is 0.247. The van der Waals surface area contributed by atoms with Gasteiger partial charge in [-0.15, -0.1) is 0 Å². The Labute approximate surface area is 184 Å². The molecule has 1 aliphatic rings. The summed E-state index contributed by atoms with van der Waals surface area (Å²) in [6, 6.07) is -1.24. The first-order valence-electron chi connectivity index (χ1n) is 9.46. The van der Waals surface area contributed by atoms with E-state index in [4.69, 9.17) is 28.4 Å². The zero-order valence-corrected chi connectivity index (χ0v) is 18.6. The fourth-order valence-corrected chi connectivity index (χ4v) is 3.33. The molecule has 1 saturated heterocycles. The topological polar surface area (TPSA) is 170 Å². The maximum absolute atomic E-state index is 12.5. The molecule has 0 aliphatic carbocycles. The Morgan fingerprint density at radius 2 is 1.59 bits per heavy atom. The van der Waals surface area contributed by atoms with Crippen LogP contribution in [0.1, 0.15) is 34.1 Å². The van der Waals surface area contributed by atoms with Gasteiger partial charge in [0, 0.05) is 34.8 Å². The molecule has 0 unspecified atom stereocenters. The fraction of sp³-hybridized carbons (Fsp3) is 0.684. The number of amides is 1. The lowest BCUT2D eigenvalue weighted by Gasteiger charge is -2.47. The number of ether oxygens (including phenoxy) is 6. The summed E-state index contributed by atoms with van der Waals surface area (Å²) in [4.78, 5) is 71.1. The Morgan fingerprint density at radius 3 is 2.00 bits per heavy atom. The number of methoxy groups -OCH3 is 2. The summed E-state index contributed by atoms with van der Waals surface area (Å²) in [7, 11) is 2.17. The number of carbonyl (C=O) groups is 6. The molecule has 1 aliphatic heterocycles. The lowest BCUT2D eigenvalue weighted by molar-refractivity contribution is -0.305. The van der Waals surface area contributed by atoms with Crippen molar-refractivity contribution in [2.24, 2.45) is 0 Å². The second kappa shape index (κ2) is 11.5. The first kappa shape index (κ1) is 27.0. The summed E-state index contributed by atoms with van der Waals surface area (Å²) in [5.74, 6) is -6.34. The van der Waals surface area contributed by atoms with Crippen LogP contribution in [0.3, 0.4) is 0 Å². The fourth-order valence-electron chi connectivity index (χ4n) is 3.33. The molecule has 1 rings (SSSR count). The normalized spacial score (nSPS) is 26.6. The number of hydrogen-bond acceptors (Lipinski definition) is 12. The van der Waals surface area contributed by atoms with Crippen LogP contribution in [0.25, 0.3) is 0 Å². The van der Waals surface area contributed by atoms with E-state index >= 15 is 0 Å². The summed E-state index contributed by atoms with van der Waals surface area (Å²) in [5.41, 5.74) is 0. The molecule has 1 fully saturated rings. The van der Waals surface area contributed by atoms with Gasteiger partial charge in [-0.25, -0.2) is 4.79 Å². The van der Waals surface area contributed by atoms with Crippen LogP contribution in [0, 0.1) is 0 Å². The highest BCUT2D eigenvalue weighted by Gasteiger charge is 2.58. The molecule has 0 aromatic carbocycles. The Bertz CT molecular complexity index is 753. The van der Waals surface area contributed by atoms with Crippen LogP contribution in [0.2, 0.25) is 0 Å². The number of hydrogen-bond donors (Lipinski definition) is 1. The van der Waals surface area contributed by atoms with Gasteiger partial charge in [0.1, 0.15) is 12.2 Å². The summed E-state index contributed by atoms with van der Waals surface area (Å²) in [5, 5.41) is 2.50. The Hall–Kier alpha value is -3.06. The van der Waals surface area contributed by atoms with E-state index in [1.165, 1.54) is 0 Å². The van der Waals surface area contributed by atoms with Gasteiger partial charge in [-0.1, -0.05) is 0 Å². The average molecular weight is 461 g/mol. The number of aldehydes is 1. The highest BCUT2D eigenvalue weighted by molar-refractivity contribution is 5.79. The van der Waals surface area contributed by atoms with E-state index in [0.29, 0.717) is 0 Å². The minimum Gasteiger partial charge on any atom is -0.465 e. The molecule has 13 heteroatoms. The van der Waals surface area contributed by atoms with Gasteiger partial charge >= 0.3 is 23.9 Å². The second-order valence-electron chi connectivity index (χ2n) is 6.89. The minimum atomic E-state index is -2.17. The predicted octanol–water partition coefficient (Wildman–Crippen LogP) is -1.21. The molecule has 1 heterocycles. The zero-order chi connectivity index (χ0) is 24.6. The van der Waals surface area contributed by atoms with E-state index in [9.17, 15) is 28.8 Å². The van der Waals surface area contributed by atoms with Gasteiger partial charge in [0.05, 0.1) is 19.6 Å². The third-order valence-electron chi connectivity index (χ3n) is 4.45. The van der Waals surface area contributed by atoms with Gasteiger partial charge in [0.2, 0.25) is 5.91 Å². The number of rotatable bonds is 9. The summed E-state index contributed by atoms with van der Waals surface area (Å²) in [6.07, 6.45) is -6.40. The summed E-state index contributed by atoms with van der Waals surface area (Å²) < 4.78 is 31.2. The van der Waals surface area contributed by atoms with Crippen LogP contribution in [0.5, 0.6) is 0 Å². The number of nitrogens with one attached hydrogen (secondary N) is 1. The molecule has 0 saturated carbocycles. The third kappa shape index (κ3) is 6.72. The SMILES string of the molecule is COC(=O)[C@]1(OC)C[C@H](OC(C)=O)[C@@H](NC(C)=O)[C@H]([C@H](OC(C)=O)[C@@H](C=O)OC(C)=O)O1. The van der Waals surface area contributed by atoms with Crippen molar-refractivity contribution in [1.29, 1.82) is 0 Å². The summed E-state index contributed by atoms with van der Waals surface area (Å²) in [6.45, 7) is 4.29. The molecule has 180 valence electrons. The van der Waals surface area contributed by atoms with E-state index in [2.05, 4.69) is 5.32 Å². The van der Waals surface area contributed by atoms with Gasteiger partial charge in [-0.05, 0) is 0 Å². The van der Waals surface area contributed by atoms with Gasteiger partial charge < -0.3 is 33.7 Å². The van der Waals surface area contributed by atoms with Crippen LogP contribution < -0.4 is 5.32 Å². The molecule has 0 aromatic rings. The van der Waals surface area contributed by atoms with Crippen molar-refractivity contribution in [1.82, 2.24) is 5.32 Å². The number of esters is 4. The highest BCUT2D eigenvalue weighted by atomic mass is 16.7. The maximum Gasteiger partial charge on any atom is 0.366 e. The van der Waals surface area contributed by atoms with Gasteiger partial charge in [0.25, 0.3) is 5.79 Å². The van der Waals surface area contributed by atoms with E-state index in [1.54, 1.807) is 0 Å². The molecule has 0 bridgehead atoms. The average Bonchev–Trinajstić information content (AvgIpc) is 2.70. The van der Waals surface area contributed by atoms with Crippen LogP contribution in [-0.4, -0.2) is 86.5 Å². The maximum atomic E-state index is 12.5. The second-order valence-corrected chi connectivity index (χ2v) is 6.89. The lowest BCUT2D eigenvalue weighted by Crippen LogP contribution is -2.69. The smallest absolute Gasteiger partial charge is 0.366 e. The van der Waals surface area contributed by atoms with Crippen molar-refractivity contribution in [3.05, 3.63) is 0 Å². The Morgan fingerprint density at radius 1 is 1.00 bits per heavy atom. The van der Waals surface area contributed by atoms with Crippen molar-refractivity contribution in [3.63, 3.8) is 0 Å². The largest absolute Gasteiger partial charge is 0.465 e. The van der Waals surface area contributed by atoms with Gasteiger partial charge in [-0.3, -0.25) is 24.0 Å². The molecule has 0 spiro atoms. The predicted molar refractivity (Wildman–Crippen MR) is 102 cm³/mol. The van der Waals surface area contributed by atoms with Gasteiger partial charge in [-0.2, -0.15) is 0 Å². The highest BCUT2D eigenvalue weighted by Crippen LogP contribution is 2.36. The lowest BCUT2D eigenvalue weighted by atomic mass is 9.88. The van der Waals surface area contributed by atoms with E-state index in [-0.39, 0.29) is 6.29 Å². The van der Waals surface area contributed by atoms with Crippen LogP contribution in [-0.2, 0) is 57.2 Å². The van der Waals surface area contributed by atoms with E-state index < -0.39 is 72.5 Å². The van der Waals surface area contributed by atoms with Crippen LogP contribution >= 0.6 is 0 Å². The van der Waals surface area contributed by atoms with Crippen molar-refractivity contribution in [2.45, 2.75) is 70.4 Å². The van der Waals surface area contributed by atoms with Gasteiger partial charge in [0.15, 0.2) is 18.5 Å². The summed E-state index contributed by atoms with van der Waals surface area (Å²) >= 11 is 0. The molecular formula is C19H27NO12. The standard InChI is InChI=1S/C19H27NO12/c1-9(22)20-15-13(29-10(2)23)7-19(28-6,18(26)27-5)32-17(15)16(31-12(4)25)14(8-21)30-11(3)24/h8,13-17H,7H2,1-6H3,(H,20,22)/t13-,14+,15+,16+,17+,19-/m0/s1. The molecule has 6 atom stereocenters. The molecule has 32 heavy (non-hydrogen) atoms. The molecule has 0 aromatic heterocycles. The van der Waals surface area contributed by atoms with E-state index in [1.807, 2.05) is 0 Å². The van der Waals surface area contributed by atoms with E-state index in [0.717, 1.165) is 41.9 Å². The first-order valence-corrected chi connectivity index (χ1v) is 9.46. The van der Waals surface area contributed by atoms with Crippen LogP contribution in [0.4, 0.5) is 0 Å². The molecule has 0 radical (unpaired) electrons. The van der Waals surface area contributed by atoms with Crippen molar-refractivity contribution >= 4 is 36.1 Å². The Kier molecular flexibility index (Phi) is 9.72. The zero-order valence-electron chi connectivity index (χ0n) is 18.6. The van der Waals surface area contributed by atoms with Crippen molar-refractivity contribution in [3.8, 4) is 0 Å². The molecular weight excluding hydrogens is 434 g/mol. The minimum absolute atomic E-state index is 0.186. The van der Waals surface area contributed by atoms with Crippen LogP contribution in [0.15, 0.2) is 0 Å². The molecule has 1 N–H and O–H groups in total. The molecule has 1 amide bonds. The Balaban J connectivity index is 3.67. The number of carbonyl (C=O) groups excluding carboxylic acids is 6. The van der Waals surface area contributed by atoms with Crippen molar-refractivity contribution in [2.75, 3.05) is 14.2 Å². The van der Waals surface area contributed by atoms with Crippen molar-refractivity contribution < 1.29 is 57.2 Å². The monoisotopic (exact) mass is 461 g/mol. The first-order chi connectivity index (χ1) is 14.9.